The number of fused-ring (bicyclic) bond motifs is 1. The van der Waals surface area contributed by atoms with Crippen molar-refractivity contribution in [1.29, 1.82) is 0 Å². The molecule has 3 rings (SSSR count). The van der Waals surface area contributed by atoms with Crippen molar-refractivity contribution >= 4 is 11.0 Å². The van der Waals surface area contributed by atoms with Crippen LogP contribution in [0.4, 0.5) is 0 Å². The summed E-state index contributed by atoms with van der Waals surface area (Å²) in [5, 5.41) is 4.46. The summed E-state index contributed by atoms with van der Waals surface area (Å²) < 4.78 is 11.4. The average molecular weight is 281 g/mol. The van der Waals surface area contributed by atoms with E-state index in [0.717, 1.165) is 28.9 Å². The molecule has 1 unspecified atom stereocenters. The van der Waals surface area contributed by atoms with Crippen molar-refractivity contribution in [1.82, 2.24) is 5.32 Å². The van der Waals surface area contributed by atoms with Gasteiger partial charge in [0.1, 0.15) is 17.1 Å². The maximum Gasteiger partial charge on any atom is 0.134 e. The second-order valence-corrected chi connectivity index (χ2v) is 5.04. The van der Waals surface area contributed by atoms with Crippen LogP contribution >= 0.6 is 0 Å². The van der Waals surface area contributed by atoms with Gasteiger partial charge in [0.25, 0.3) is 0 Å². The Morgan fingerprint density at radius 2 is 1.86 bits per heavy atom. The number of hydrogen-bond acceptors (Lipinski definition) is 3. The first-order chi connectivity index (χ1) is 10.3. The third kappa shape index (κ3) is 2.78. The lowest BCUT2D eigenvalue weighted by atomic mass is 10.0. The first-order valence-electron chi connectivity index (χ1n) is 7.09. The summed E-state index contributed by atoms with van der Waals surface area (Å²) in [6.45, 7) is 0. The molecule has 2 aromatic carbocycles. The molecule has 0 aliphatic heterocycles. The minimum atomic E-state index is 0.119. The molecule has 1 aromatic heterocycles. The van der Waals surface area contributed by atoms with E-state index >= 15 is 0 Å². The van der Waals surface area contributed by atoms with Gasteiger partial charge in [-0.3, -0.25) is 0 Å². The van der Waals surface area contributed by atoms with Gasteiger partial charge in [0.15, 0.2) is 0 Å². The summed E-state index contributed by atoms with van der Waals surface area (Å²) in [5.41, 5.74) is 2.09. The fourth-order valence-corrected chi connectivity index (χ4v) is 2.61. The number of rotatable bonds is 5. The molecule has 0 spiro atoms. The Morgan fingerprint density at radius 1 is 1.10 bits per heavy atom. The molecular formula is C18H19NO2. The number of ether oxygens (including phenoxy) is 1. The number of hydrogen-bond donors (Lipinski definition) is 1. The van der Waals surface area contributed by atoms with Crippen LogP contribution in [0.2, 0.25) is 0 Å². The van der Waals surface area contributed by atoms with Gasteiger partial charge in [-0.15, -0.1) is 0 Å². The molecule has 0 aliphatic rings. The van der Waals surface area contributed by atoms with Gasteiger partial charge in [-0.1, -0.05) is 36.4 Å². The first-order valence-corrected chi connectivity index (χ1v) is 7.09. The molecule has 21 heavy (non-hydrogen) atoms. The van der Waals surface area contributed by atoms with Crippen LogP contribution < -0.4 is 10.1 Å². The van der Waals surface area contributed by atoms with E-state index in [2.05, 4.69) is 23.5 Å². The van der Waals surface area contributed by atoms with E-state index in [-0.39, 0.29) is 6.04 Å². The largest absolute Gasteiger partial charge is 0.496 e. The molecule has 0 radical (unpaired) electrons. The molecule has 0 saturated carbocycles. The topological polar surface area (TPSA) is 34.4 Å². The van der Waals surface area contributed by atoms with Crippen LogP contribution in [0.15, 0.2) is 59.0 Å². The number of para-hydroxylation sites is 2. The summed E-state index contributed by atoms with van der Waals surface area (Å²) in [5.74, 6) is 1.86. The van der Waals surface area contributed by atoms with E-state index in [4.69, 9.17) is 9.15 Å². The van der Waals surface area contributed by atoms with Gasteiger partial charge < -0.3 is 14.5 Å². The summed E-state index contributed by atoms with van der Waals surface area (Å²) in [4.78, 5) is 0. The lowest BCUT2D eigenvalue weighted by molar-refractivity contribution is 0.400. The molecule has 3 nitrogen and oxygen atoms in total. The molecule has 0 fully saturated rings. The van der Waals surface area contributed by atoms with Crippen molar-refractivity contribution in [3.63, 3.8) is 0 Å². The third-order valence-electron chi connectivity index (χ3n) is 3.75. The zero-order valence-corrected chi connectivity index (χ0v) is 12.3. The fraction of sp³-hybridized carbons (Fsp3) is 0.222. The summed E-state index contributed by atoms with van der Waals surface area (Å²) in [7, 11) is 3.65. The number of nitrogens with one attached hydrogen (secondary N) is 1. The molecule has 108 valence electrons. The Morgan fingerprint density at radius 3 is 2.62 bits per heavy atom. The quantitative estimate of drug-likeness (QED) is 0.769. The molecule has 3 heteroatoms. The van der Waals surface area contributed by atoms with Gasteiger partial charge in [0.05, 0.1) is 13.2 Å². The Bertz CT molecular complexity index is 700. The van der Waals surface area contributed by atoms with Gasteiger partial charge in [-0.05, 0) is 37.2 Å². The normalized spacial score (nSPS) is 12.5. The molecule has 1 heterocycles. The van der Waals surface area contributed by atoms with Crippen LogP contribution in [0.1, 0.15) is 17.4 Å². The molecule has 0 amide bonds. The maximum atomic E-state index is 5.96. The van der Waals surface area contributed by atoms with Crippen LogP contribution in [-0.4, -0.2) is 14.2 Å². The average Bonchev–Trinajstić information content (AvgIpc) is 2.96. The van der Waals surface area contributed by atoms with Gasteiger partial charge in [-0.25, -0.2) is 0 Å². The number of furan rings is 1. The Kier molecular flexibility index (Phi) is 3.93. The minimum Gasteiger partial charge on any atom is -0.496 e. The van der Waals surface area contributed by atoms with Crippen LogP contribution in [0, 0.1) is 0 Å². The van der Waals surface area contributed by atoms with E-state index < -0.39 is 0 Å². The molecule has 1 atom stereocenters. The Balaban J connectivity index is 1.91. The van der Waals surface area contributed by atoms with Crippen molar-refractivity contribution < 1.29 is 9.15 Å². The highest BCUT2D eigenvalue weighted by molar-refractivity contribution is 5.77. The summed E-state index contributed by atoms with van der Waals surface area (Å²) in [6, 6.07) is 18.4. The Labute approximate surface area is 124 Å². The predicted molar refractivity (Wildman–Crippen MR) is 84.7 cm³/mol. The van der Waals surface area contributed by atoms with Crippen molar-refractivity contribution in [2.45, 2.75) is 12.5 Å². The van der Waals surface area contributed by atoms with E-state index in [1.165, 1.54) is 5.56 Å². The van der Waals surface area contributed by atoms with Gasteiger partial charge in [0.2, 0.25) is 0 Å². The molecule has 3 aromatic rings. The molecular weight excluding hydrogens is 262 g/mol. The van der Waals surface area contributed by atoms with Crippen molar-refractivity contribution in [2.24, 2.45) is 0 Å². The van der Waals surface area contributed by atoms with Crippen molar-refractivity contribution in [3.05, 3.63) is 65.9 Å². The number of likely N-dealkylation sites (N-methyl/N-ethyl adjacent to an activating group) is 1. The standard InChI is InChI=1S/C18H19NO2/c1-19-15(11-13-7-3-5-9-16(13)20-2)18-12-14-8-4-6-10-17(14)21-18/h3-10,12,15,19H,11H2,1-2H3. The second kappa shape index (κ2) is 6.02. The molecule has 1 N–H and O–H groups in total. The highest BCUT2D eigenvalue weighted by Gasteiger charge is 2.17. The SMILES string of the molecule is CNC(Cc1ccccc1OC)c1cc2ccccc2o1. The number of benzene rings is 2. The van der Waals surface area contributed by atoms with Crippen molar-refractivity contribution in [2.75, 3.05) is 14.2 Å². The highest BCUT2D eigenvalue weighted by atomic mass is 16.5. The van der Waals surface area contributed by atoms with E-state index in [1.807, 2.05) is 43.4 Å². The highest BCUT2D eigenvalue weighted by Crippen LogP contribution is 2.28. The van der Waals surface area contributed by atoms with Gasteiger partial charge in [0, 0.05) is 5.39 Å². The fourth-order valence-electron chi connectivity index (χ4n) is 2.61. The molecule has 0 aliphatic carbocycles. The van der Waals surface area contributed by atoms with Crippen LogP contribution in [0.25, 0.3) is 11.0 Å². The second-order valence-electron chi connectivity index (χ2n) is 5.04. The lowest BCUT2D eigenvalue weighted by Crippen LogP contribution is -2.18. The first kappa shape index (κ1) is 13.7. The smallest absolute Gasteiger partial charge is 0.134 e. The van der Waals surface area contributed by atoms with Crippen molar-refractivity contribution in [3.8, 4) is 5.75 Å². The zero-order valence-electron chi connectivity index (χ0n) is 12.3. The molecule has 0 bridgehead atoms. The minimum absolute atomic E-state index is 0.119. The van der Waals surface area contributed by atoms with Gasteiger partial charge >= 0.3 is 0 Å². The Hall–Kier alpha value is -2.26. The molecule has 0 saturated heterocycles. The van der Waals surface area contributed by atoms with Crippen LogP contribution in [0.3, 0.4) is 0 Å². The van der Waals surface area contributed by atoms with Crippen LogP contribution in [-0.2, 0) is 6.42 Å². The summed E-state index contributed by atoms with van der Waals surface area (Å²) in [6.07, 6.45) is 0.820. The van der Waals surface area contributed by atoms with E-state index in [0.29, 0.717) is 0 Å². The third-order valence-corrected chi connectivity index (χ3v) is 3.75. The lowest BCUT2D eigenvalue weighted by Gasteiger charge is -2.15. The van der Waals surface area contributed by atoms with E-state index in [9.17, 15) is 0 Å². The predicted octanol–water partition coefficient (Wildman–Crippen LogP) is 3.94. The number of methoxy groups -OCH3 is 1. The van der Waals surface area contributed by atoms with E-state index in [1.54, 1.807) is 7.11 Å². The summed E-state index contributed by atoms with van der Waals surface area (Å²) >= 11 is 0. The van der Waals surface area contributed by atoms with Crippen LogP contribution in [0.5, 0.6) is 5.75 Å². The monoisotopic (exact) mass is 281 g/mol. The van der Waals surface area contributed by atoms with Gasteiger partial charge in [-0.2, -0.15) is 0 Å². The zero-order chi connectivity index (χ0) is 14.7. The maximum absolute atomic E-state index is 5.96.